The second-order valence-corrected chi connectivity index (χ2v) is 10.4. The van der Waals surface area contributed by atoms with Crippen LogP contribution in [0.2, 0.25) is 0 Å². The van der Waals surface area contributed by atoms with E-state index in [2.05, 4.69) is 20.4 Å². The molecule has 2 aromatic rings. The Morgan fingerprint density at radius 3 is 2.41 bits per heavy atom. The molecule has 1 N–H and O–H groups in total. The van der Waals surface area contributed by atoms with E-state index in [1.165, 1.54) is 10.7 Å². The van der Waals surface area contributed by atoms with Crippen molar-refractivity contribution in [2.75, 3.05) is 37.6 Å². The quantitative estimate of drug-likeness (QED) is 0.675. The van der Waals surface area contributed by atoms with E-state index >= 15 is 0 Å². The third-order valence-electron chi connectivity index (χ3n) is 6.06. The number of rotatable bonds is 7. The van der Waals surface area contributed by atoms with Crippen molar-refractivity contribution in [2.24, 2.45) is 0 Å². The Bertz CT molecular complexity index is 1040. The smallest absolute Gasteiger partial charge is 0.253 e. The minimum absolute atomic E-state index is 0.179. The molecule has 1 aromatic heterocycles. The average molecular weight is 462 g/mol. The molecule has 2 aliphatic rings. The average Bonchev–Trinajstić information content (AvgIpc) is 3.24. The summed E-state index contributed by atoms with van der Waals surface area (Å²) in [6.07, 6.45) is 6.49. The SMILES string of the molecule is Cc1noc(CCNC(=O)c2cc(S(=O)(=O)N3CCCCC3)ccc2N2CCCCC2)n1. The number of hydrogen-bond donors (Lipinski definition) is 1. The van der Waals surface area contributed by atoms with Crippen molar-refractivity contribution in [2.45, 2.75) is 56.8 Å². The van der Waals surface area contributed by atoms with Gasteiger partial charge in [0.1, 0.15) is 0 Å². The molecule has 1 aromatic carbocycles. The number of sulfonamides is 1. The number of benzene rings is 1. The number of hydrogen-bond acceptors (Lipinski definition) is 7. The van der Waals surface area contributed by atoms with Crippen molar-refractivity contribution >= 4 is 21.6 Å². The first kappa shape index (κ1) is 22.7. The summed E-state index contributed by atoms with van der Waals surface area (Å²) in [6.45, 7) is 4.84. The molecule has 32 heavy (non-hydrogen) atoms. The molecule has 9 nitrogen and oxygen atoms in total. The molecule has 0 bridgehead atoms. The molecule has 3 heterocycles. The summed E-state index contributed by atoms with van der Waals surface area (Å²) < 4.78 is 33.0. The molecule has 0 spiro atoms. The van der Waals surface area contributed by atoms with Crippen LogP contribution >= 0.6 is 0 Å². The first-order valence-corrected chi connectivity index (χ1v) is 12.9. The van der Waals surface area contributed by atoms with Crippen molar-refractivity contribution in [1.82, 2.24) is 19.8 Å². The van der Waals surface area contributed by atoms with Gasteiger partial charge in [-0.2, -0.15) is 9.29 Å². The number of nitrogens with zero attached hydrogens (tertiary/aromatic N) is 4. The Kier molecular flexibility index (Phi) is 7.10. The van der Waals surface area contributed by atoms with Crippen LogP contribution in [-0.4, -0.2) is 61.5 Å². The van der Waals surface area contributed by atoms with Crippen LogP contribution in [-0.2, 0) is 16.4 Å². The highest BCUT2D eigenvalue weighted by Gasteiger charge is 2.28. The molecule has 0 radical (unpaired) electrons. The standard InChI is InChI=1S/C22H31N5O4S/c1-17-24-21(31-25-17)10-11-23-22(28)19-16-18(32(29,30)27-14-6-3-7-15-27)8-9-20(19)26-12-4-2-5-13-26/h8-9,16H,2-7,10-15H2,1H3,(H,23,28). The summed E-state index contributed by atoms with van der Waals surface area (Å²) in [7, 11) is -3.62. The topological polar surface area (TPSA) is 109 Å². The van der Waals surface area contributed by atoms with Crippen LogP contribution in [0.3, 0.4) is 0 Å². The molecule has 2 fully saturated rings. The number of aryl methyl sites for hydroxylation is 1. The second kappa shape index (κ2) is 9.99. The number of carbonyl (C=O) groups is 1. The lowest BCUT2D eigenvalue weighted by atomic mass is 10.1. The van der Waals surface area contributed by atoms with Gasteiger partial charge in [0.05, 0.1) is 10.5 Å². The fourth-order valence-corrected chi connectivity index (χ4v) is 5.89. The van der Waals surface area contributed by atoms with Gasteiger partial charge >= 0.3 is 0 Å². The molecule has 2 aliphatic heterocycles. The minimum Gasteiger partial charge on any atom is -0.371 e. The van der Waals surface area contributed by atoms with Gasteiger partial charge in [0, 0.05) is 44.8 Å². The van der Waals surface area contributed by atoms with Gasteiger partial charge in [-0.15, -0.1) is 0 Å². The summed E-state index contributed by atoms with van der Waals surface area (Å²) in [5.74, 6) is 0.715. The number of aromatic nitrogens is 2. The highest BCUT2D eigenvalue weighted by atomic mass is 32.2. The molecule has 0 atom stereocenters. The van der Waals surface area contributed by atoms with Crippen LogP contribution < -0.4 is 10.2 Å². The van der Waals surface area contributed by atoms with Gasteiger partial charge in [-0.25, -0.2) is 8.42 Å². The van der Waals surface area contributed by atoms with Gasteiger partial charge in [0.15, 0.2) is 5.82 Å². The molecule has 10 heteroatoms. The van der Waals surface area contributed by atoms with E-state index in [0.717, 1.165) is 50.9 Å². The van der Waals surface area contributed by atoms with Gasteiger partial charge in [-0.3, -0.25) is 4.79 Å². The first-order valence-electron chi connectivity index (χ1n) is 11.4. The zero-order valence-electron chi connectivity index (χ0n) is 18.5. The van der Waals surface area contributed by atoms with Gasteiger partial charge in [-0.1, -0.05) is 11.6 Å². The number of piperidine rings is 2. The van der Waals surface area contributed by atoms with Gasteiger partial charge in [-0.05, 0) is 57.2 Å². The summed E-state index contributed by atoms with van der Waals surface area (Å²) in [5.41, 5.74) is 1.18. The number of carbonyl (C=O) groups excluding carboxylic acids is 1. The molecule has 174 valence electrons. The van der Waals surface area contributed by atoms with Crippen LogP contribution in [0.5, 0.6) is 0 Å². The second-order valence-electron chi connectivity index (χ2n) is 8.43. The number of nitrogens with one attached hydrogen (secondary N) is 1. The normalized spacial score (nSPS) is 18.0. The van der Waals surface area contributed by atoms with Crippen LogP contribution in [0.25, 0.3) is 0 Å². The Balaban J connectivity index is 1.57. The third kappa shape index (κ3) is 5.12. The van der Waals surface area contributed by atoms with E-state index < -0.39 is 10.0 Å². The lowest BCUT2D eigenvalue weighted by Crippen LogP contribution is -2.36. The Labute approximate surface area is 189 Å². The van der Waals surface area contributed by atoms with Crippen LogP contribution in [0.15, 0.2) is 27.6 Å². The fourth-order valence-electron chi connectivity index (χ4n) is 4.34. The molecule has 0 saturated carbocycles. The third-order valence-corrected chi connectivity index (χ3v) is 7.95. The summed E-state index contributed by atoms with van der Waals surface area (Å²) in [4.78, 5) is 19.6. The monoisotopic (exact) mass is 461 g/mol. The van der Waals surface area contributed by atoms with E-state index in [4.69, 9.17) is 4.52 Å². The van der Waals surface area contributed by atoms with E-state index in [1.54, 1.807) is 25.1 Å². The molecular weight excluding hydrogens is 430 g/mol. The summed E-state index contributed by atoms with van der Waals surface area (Å²) >= 11 is 0. The Morgan fingerprint density at radius 1 is 1.06 bits per heavy atom. The maximum Gasteiger partial charge on any atom is 0.253 e. The zero-order valence-corrected chi connectivity index (χ0v) is 19.4. The molecule has 1 amide bonds. The Morgan fingerprint density at radius 2 is 1.75 bits per heavy atom. The van der Waals surface area contributed by atoms with Crippen LogP contribution in [0.1, 0.15) is 60.6 Å². The van der Waals surface area contributed by atoms with Gasteiger partial charge in [0.25, 0.3) is 5.91 Å². The van der Waals surface area contributed by atoms with E-state index in [1.807, 2.05) is 0 Å². The first-order chi connectivity index (χ1) is 15.4. The van der Waals surface area contributed by atoms with Crippen molar-refractivity contribution in [3.63, 3.8) is 0 Å². The largest absolute Gasteiger partial charge is 0.371 e. The van der Waals surface area contributed by atoms with Crippen LogP contribution in [0, 0.1) is 6.92 Å². The van der Waals surface area contributed by atoms with Crippen molar-refractivity contribution < 1.29 is 17.7 Å². The fraction of sp³-hybridized carbons (Fsp3) is 0.591. The molecule has 4 rings (SSSR count). The van der Waals surface area contributed by atoms with Crippen molar-refractivity contribution in [1.29, 1.82) is 0 Å². The van der Waals surface area contributed by atoms with E-state index in [-0.39, 0.29) is 10.8 Å². The summed E-state index contributed by atoms with van der Waals surface area (Å²) in [6, 6.07) is 4.98. The van der Waals surface area contributed by atoms with Crippen molar-refractivity contribution in [3.8, 4) is 0 Å². The predicted molar refractivity (Wildman–Crippen MR) is 120 cm³/mol. The van der Waals surface area contributed by atoms with E-state index in [9.17, 15) is 13.2 Å². The van der Waals surface area contributed by atoms with E-state index in [0.29, 0.717) is 43.3 Å². The highest BCUT2D eigenvalue weighted by Crippen LogP contribution is 2.29. The molecular formula is C22H31N5O4S. The summed E-state index contributed by atoms with van der Waals surface area (Å²) in [5, 5.41) is 6.65. The van der Waals surface area contributed by atoms with Crippen LogP contribution in [0.4, 0.5) is 5.69 Å². The molecule has 2 saturated heterocycles. The molecule has 0 unspecified atom stereocenters. The zero-order chi connectivity index (χ0) is 22.6. The maximum atomic E-state index is 13.2. The number of amides is 1. The molecule has 0 aliphatic carbocycles. The minimum atomic E-state index is -3.62. The predicted octanol–water partition coefficient (Wildman–Crippen LogP) is 2.52. The number of anilines is 1. The lowest BCUT2D eigenvalue weighted by molar-refractivity contribution is 0.0953. The lowest BCUT2D eigenvalue weighted by Gasteiger charge is -2.31. The van der Waals surface area contributed by atoms with Gasteiger partial charge in [0.2, 0.25) is 15.9 Å². The Hall–Kier alpha value is -2.46. The maximum absolute atomic E-state index is 13.2. The highest BCUT2D eigenvalue weighted by molar-refractivity contribution is 7.89. The van der Waals surface area contributed by atoms with Crippen molar-refractivity contribution in [3.05, 3.63) is 35.5 Å². The van der Waals surface area contributed by atoms with Gasteiger partial charge < -0.3 is 14.7 Å².